The fraction of sp³-hybridized carbons (Fsp3) is 0.579. The highest BCUT2D eigenvalue weighted by Gasteiger charge is 2.30. The molecule has 1 aromatic rings. The van der Waals surface area contributed by atoms with Crippen LogP contribution >= 0.6 is 0 Å². The van der Waals surface area contributed by atoms with Gasteiger partial charge in [-0.25, -0.2) is 0 Å². The maximum Gasteiger partial charge on any atom is 0.138 e. The van der Waals surface area contributed by atoms with E-state index in [2.05, 4.69) is 31.7 Å². The number of ketones is 1. The summed E-state index contributed by atoms with van der Waals surface area (Å²) in [6.45, 7) is 8.26. The van der Waals surface area contributed by atoms with E-state index in [1.165, 1.54) is 10.8 Å². The Balaban J connectivity index is 1.79. The van der Waals surface area contributed by atoms with E-state index in [4.69, 9.17) is 9.73 Å². The molecule has 2 heterocycles. The van der Waals surface area contributed by atoms with Gasteiger partial charge in [-0.05, 0) is 44.0 Å². The van der Waals surface area contributed by atoms with Gasteiger partial charge in [0.2, 0.25) is 0 Å². The smallest absolute Gasteiger partial charge is 0.138 e. The lowest BCUT2D eigenvalue weighted by molar-refractivity contribution is -0.127. The molecule has 0 unspecified atom stereocenters. The van der Waals surface area contributed by atoms with Crippen molar-refractivity contribution in [3.05, 3.63) is 28.8 Å². The van der Waals surface area contributed by atoms with E-state index in [1.807, 2.05) is 12.1 Å². The van der Waals surface area contributed by atoms with Crippen LogP contribution in [0.4, 0.5) is 0 Å². The molecule has 4 heteroatoms. The van der Waals surface area contributed by atoms with Crippen LogP contribution in [0, 0.1) is 5.92 Å². The summed E-state index contributed by atoms with van der Waals surface area (Å²) in [5.74, 6) is 1.43. The molecule has 1 fully saturated rings. The monoisotopic (exact) mass is 314 g/mol. The Morgan fingerprint density at radius 1 is 1.30 bits per heavy atom. The SMILES string of the molecule is COc1ccc2c(c1)=C(CCN1CCC(=O)[C@H](C)[C@H]1C)[C@H](C)N=2. The fourth-order valence-corrected chi connectivity index (χ4v) is 3.72. The van der Waals surface area contributed by atoms with E-state index in [1.54, 1.807) is 7.11 Å². The van der Waals surface area contributed by atoms with Crippen molar-refractivity contribution < 1.29 is 9.53 Å². The van der Waals surface area contributed by atoms with Gasteiger partial charge in [0, 0.05) is 36.7 Å². The van der Waals surface area contributed by atoms with Crippen LogP contribution < -0.4 is 15.3 Å². The molecule has 0 bridgehead atoms. The number of methoxy groups -OCH3 is 1. The first-order valence-electron chi connectivity index (χ1n) is 8.53. The zero-order valence-electron chi connectivity index (χ0n) is 14.5. The van der Waals surface area contributed by atoms with Crippen molar-refractivity contribution >= 4 is 11.4 Å². The van der Waals surface area contributed by atoms with Gasteiger partial charge >= 0.3 is 0 Å². The Hall–Kier alpha value is -1.68. The molecule has 3 atom stereocenters. The van der Waals surface area contributed by atoms with E-state index < -0.39 is 0 Å². The number of rotatable bonds is 4. The largest absolute Gasteiger partial charge is 0.497 e. The second-order valence-electron chi connectivity index (χ2n) is 6.74. The Morgan fingerprint density at radius 3 is 2.83 bits per heavy atom. The molecule has 2 aliphatic heterocycles. The Morgan fingerprint density at radius 2 is 2.09 bits per heavy atom. The van der Waals surface area contributed by atoms with Gasteiger partial charge in [-0.2, -0.15) is 0 Å². The fourth-order valence-electron chi connectivity index (χ4n) is 3.72. The van der Waals surface area contributed by atoms with Gasteiger partial charge in [-0.15, -0.1) is 0 Å². The minimum Gasteiger partial charge on any atom is -0.497 e. The van der Waals surface area contributed by atoms with Crippen LogP contribution in [0.2, 0.25) is 0 Å². The molecule has 1 aromatic carbocycles. The number of fused-ring (bicyclic) bond motifs is 1. The predicted octanol–water partition coefficient (Wildman–Crippen LogP) is 1.56. The Labute approximate surface area is 137 Å². The van der Waals surface area contributed by atoms with Crippen molar-refractivity contribution in [2.45, 2.75) is 45.7 Å². The van der Waals surface area contributed by atoms with Crippen LogP contribution in [0.1, 0.15) is 33.6 Å². The quantitative estimate of drug-likeness (QED) is 0.847. The van der Waals surface area contributed by atoms with Gasteiger partial charge in [0.15, 0.2) is 0 Å². The van der Waals surface area contributed by atoms with Crippen molar-refractivity contribution in [2.75, 3.05) is 20.2 Å². The van der Waals surface area contributed by atoms with E-state index in [9.17, 15) is 4.79 Å². The second kappa shape index (κ2) is 6.44. The Bertz CT molecular complexity index is 725. The summed E-state index contributed by atoms with van der Waals surface area (Å²) in [5, 5.41) is 2.30. The lowest BCUT2D eigenvalue weighted by atomic mass is 9.90. The zero-order valence-corrected chi connectivity index (χ0v) is 14.5. The third kappa shape index (κ3) is 3.05. The molecular formula is C19H26N2O2. The van der Waals surface area contributed by atoms with Crippen LogP contribution in [-0.2, 0) is 4.79 Å². The summed E-state index contributed by atoms with van der Waals surface area (Å²) in [6.07, 6.45) is 1.68. The standard InChI is InChI=1S/C19H26N2O2/c1-12-14(3)21(10-8-19(12)22)9-7-16-13(2)20-18-6-5-15(23-4)11-17(16)18/h5-6,11-14H,7-10H2,1-4H3/t12-,13+,14-/m1/s1. The first-order chi connectivity index (χ1) is 11.0. The predicted molar refractivity (Wildman–Crippen MR) is 91.1 cm³/mol. The summed E-state index contributed by atoms with van der Waals surface area (Å²) in [6, 6.07) is 6.68. The number of Topliss-reactive ketones (excluding diaryl/α,β-unsaturated/α-hetero) is 1. The first kappa shape index (κ1) is 16.2. The maximum atomic E-state index is 11.8. The first-order valence-corrected chi connectivity index (χ1v) is 8.53. The number of likely N-dealkylation sites (tertiary alicyclic amines) is 1. The second-order valence-corrected chi connectivity index (χ2v) is 6.74. The average molecular weight is 314 g/mol. The summed E-state index contributed by atoms with van der Waals surface area (Å²) in [7, 11) is 1.70. The highest BCUT2D eigenvalue weighted by atomic mass is 16.5. The molecule has 0 aliphatic carbocycles. The van der Waals surface area contributed by atoms with Crippen molar-refractivity contribution in [3.8, 4) is 5.75 Å². The third-order valence-electron chi connectivity index (χ3n) is 5.51. The van der Waals surface area contributed by atoms with E-state index in [0.717, 1.165) is 30.6 Å². The highest BCUT2D eigenvalue weighted by Crippen LogP contribution is 2.22. The number of hydrogen-bond acceptors (Lipinski definition) is 4. The minimum absolute atomic E-state index is 0.145. The maximum absolute atomic E-state index is 11.8. The molecule has 3 rings (SSSR count). The van der Waals surface area contributed by atoms with Crippen molar-refractivity contribution in [3.63, 3.8) is 0 Å². The molecule has 0 N–H and O–H groups in total. The molecule has 0 radical (unpaired) electrons. The molecule has 124 valence electrons. The number of hydrogen-bond donors (Lipinski definition) is 0. The third-order valence-corrected chi connectivity index (χ3v) is 5.51. The lowest BCUT2D eigenvalue weighted by Crippen LogP contribution is -2.47. The molecule has 1 saturated heterocycles. The van der Waals surface area contributed by atoms with Crippen molar-refractivity contribution in [2.24, 2.45) is 10.9 Å². The van der Waals surface area contributed by atoms with Crippen LogP contribution in [0.3, 0.4) is 0 Å². The molecule has 2 aliphatic rings. The molecular weight excluding hydrogens is 288 g/mol. The average Bonchev–Trinajstić information content (AvgIpc) is 2.86. The van der Waals surface area contributed by atoms with Gasteiger partial charge in [-0.1, -0.05) is 6.92 Å². The van der Waals surface area contributed by atoms with E-state index in [0.29, 0.717) is 18.2 Å². The van der Waals surface area contributed by atoms with Crippen molar-refractivity contribution in [1.82, 2.24) is 4.90 Å². The van der Waals surface area contributed by atoms with Gasteiger partial charge in [-0.3, -0.25) is 14.7 Å². The highest BCUT2D eigenvalue weighted by molar-refractivity contribution is 5.82. The topological polar surface area (TPSA) is 41.9 Å². The molecule has 0 saturated carbocycles. The van der Waals surface area contributed by atoms with Crippen LogP contribution in [0.15, 0.2) is 23.2 Å². The van der Waals surface area contributed by atoms with Gasteiger partial charge in [0.05, 0.1) is 18.5 Å². The number of piperidine rings is 1. The van der Waals surface area contributed by atoms with E-state index in [-0.39, 0.29) is 12.0 Å². The van der Waals surface area contributed by atoms with Gasteiger partial charge in [0.25, 0.3) is 0 Å². The van der Waals surface area contributed by atoms with Gasteiger partial charge in [0.1, 0.15) is 11.5 Å². The van der Waals surface area contributed by atoms with Crippen molar-refractivity contribution in [1.29, 1.82) is 0 Å². The number of carbonyl (C=O) groups excluding carboxylic acids is 1. The molecule has 0 amide bonds. The van der Waals surface area contributed by atoms with Crippen LogP contribution in [0.25, 0.3) is 5.57 Å². The van der Waals surface area contributed by atoms with Crippen LogP contribution in [0.5, 0.6) is 5.75 Å². The van der Waals surface area contributed by atoms with E-state index >= 15 is 0 Å². The summed E-state index contributed by atoms with van der Waals surface area (Å²) in [4.78, 5) is 19.0. The van der Waals surface area contributed by atoms with Crippen LogP contribution in [-0.4, -0.2) is 43.0 Å². The molecule has 0 aromatic heterocycles. The normalized spacial score (nSPS) is 27.7. The summed E-state index contributed by atoms with van der Waals surface area (Å²) >= 11 is 0. The summed E-state index contributed by atoms with van der Waals surface area (Å²) < 4.78 is 5.36. The number of benzene rings is 1. The summed E-state index contributed by atoms with van der Waals surface area (Å²) in [5.41, 5.74) is 1.38. The number of carbonyl (C=O) groups is 1. The number of nitrogens with zero attached hydrogens (tertiary/aromatic N) is 2. The lowest BCUT2D eigenvalue weighted by Gasteiger charge is -2.37. The zero-order chi connectivity index (χ0) is 16.6. The molecule has 4 nitrogen and oxygen atoms in total. The molecule has 23 heavy (non-hydrogen) atoms. The Kier molecular flexibility index (Phi) is 4.53. The van der Waals surface area contributed by atoms with Gasteiger partial charge < -0.3 is 4.74 Å². The minimum atomic E-state index is 0.145. The molecule has 0 spiro atoms. The number of ether oxygens (including phenoxy) is 1.